The molecule has 0 atom stereocenters. The predicted molar refractivity (Wildman–Crippen MR) is 108 cm³/mol. The fourth-order valence-electron chi connectivity index (χ4n) is 2.32. The minimum absolute atomic E-state index is 0.481. The molecule has 7 nitrogen and oxygen atoms in total. The minimum Gasteiger partial charge on any atom is -0.336 e. The Balaban J connectivity index is 1.73. The molecule has 3 aromatic heterocycles. The van der Waals surface area contributed by atoms with E-state index in [2.05, 4.69) is 30.5 Å². The highest BCUT2D eigenvalue weighted by Crippen LogP contribution is 2.07. The number of pyridine rings is 2. The maximum atomic E-state index is 5.56. The van der Waals surface area contributed by atoms with Gasteiger partial charge in [-0.25, -0.2) is 0 Å². The van der Waals surface area contributed by atoms with E-state index in [9.17, 15) is 0 Å². The Morgan fingerprint density at radius 3 is 2.15 bits per heavy atom. The van der Waals surface area contributed by atoms with Gasteiger partial charge in [-0.1, -0.05) is 12.1 Å². The largest absolute Gasteiger partial charge is 0.336 e. The highest BCUT2D eigenvalue weighted by atomic mass is 32.1. The summed E-state index contributed by atoms with van der Waals surface area (Å²) in [6, 6.07) is 11.6. The smallest absolute Gasteiger partial charge is 0.190 e. The van der Waals surface area contributed by atoms with Crippen LogP contribution in [0.15, 0.2) is 72.5 Å². The first-order chi connectivity index (χ1) is 13.2. The zero-order valence-corrected chi connectivity index (χ0v) is 15.7. The lowest BCUT2D eigenvalue weighted by atomic mass is 10.3. The van der Waals surface area contributed by atoms with Crippen LogP contribution in [0, 0.1) is 0 Å². The van der Waals surface area contributed by atoms with Gasteiger partial charge in [0.2, 0.25) is 0 Å². The van der Waals surface area contributed by atoms with Crippen LogP contribution in [0.2, 0.25) is 0 Å². The van der Waals surface area contributed by atoms with Crippen LogP contribution in [0.4, 0.5) is 0 Å². The number of aromatic nitrogens is 4. The molecular formula is C19H19N7S. The Bertz CT molecular complexity index is 844. The van der Waals surface area contributed by atoms with E-state index in [1.165, 1.54) is 0 Å². The first-order valence-corrected chi connectivity index (χ1v) is 8.78. The van der Waals surface area contributed by atoms with E-state index < -0.39 is 0 Å². The monoisotopic (exact) mass is 377 g/mol. The summed E-state index contributed by atoms with van der Waals surface area (Å²) in [5.41, 5.74) is 6.15. The van der Waals surface area contributed by atoms with Gasteiger partial charge in [-0.15, -0.1) is 0 Å². The van der Waals surface area contributed by atoms with Crippen molar-refractivity contribution in [2.75, 3.05) is 0 Å². The van der Waals surface area contributed by atoms with Crippen molar-refractivity contribution in [1.29, 1.82) is 0 Å². The van der Waals surface area contributed by atoms with E-state index >= 15 is 0 Å². The molecule has 8 heteroatoms. The molecule has 0 saturated carbocycles. The molecule has 3 aromatic rings. The second-order valence-electron chi connectivity index (χ2n) is 5.70. The van der Waals surface area contributed by atoms with Crippen molar-refractivity contribution in [3.05, 3.63) is 84.5 Å². The summed E-state index contributed by atoms with van der Waals surface area (Å²) in [4.78, 5) is 19.0. The van der Waals surface area contributed by atoms with E-state index in [1.54, 1.807) is 31.0 Å². The Morgan fingerprint density at radius 1 is 0.963 bits per heavy atom. The second kappa shape index (κ2) is 9.44. The van der Waals surface area contributed by atoms with Crippen LogP contribution in [0.3, 0.4) is 0 Å². The summed E-state index contributed by atoms with van der Waals surface area (Å²) in [7, 11) is 0. The van der Waals surface area contributed by atoms with E-state index in [0.29, 0.717) is 29.6 Å². The summed E-state index contributed by atoms with van der Waals surface area (Å²) in [6.07, 6.45) is 8.43. The number of nitrogens with one attached hydrogen (secondary N) is 1. The van der Waals surface area contributed by atoms with Crippen molar-refractivity contribution < 1.29 is 0 Å². The highest BCUT2D eigenvalue weighted by Gasteiger charge is 2.12. The maximum absolute atomic E-state index is 5.56. The van der Waals surface area contributed by atoms with Gasteiger partial charge in [0.15, 0.2) is 5.11 Å². The minimum atomic E-state index is 0.481. The zero-order valence-electron chi connectivity index (χ0n) is 14.9. The van der Waals surface area contributed by atoms with Crippen LogP contribution in [0.25, 0.3) is 0 Å². The standard InChI is InChI=1S/C19H19N7S/c1-15(18-12-20-10-11-23-18)24-25-19(27)26(13-16-6-2-4-8-21-16)14-17-7-3-5-9-22-17/h2-12H,13-14H2,1H3,(H,25,27)/b24-15+. The third-order valence-electron chi connectivity index (χ3n) is 3.70. The molecule has 0 aliphatic heterocycles. The Labute approximate surface area is 163 Å². The summed E-state index contributed by atoms with van der Waals surface area (Å²) < 4.78 is 0. The summed E-state index contributed by atoms with van der Waals surface area (Å²) in [5.74, 6) is 0. The first-order valence-electron chi connectivity index (χ1n) is 8.38. The number of hydrogen-bond donors (Lipinski definition) is 1. The first kappa shape index (κ1) is 18.5. The van der Waals surface area contributed by atoms with Crippen molar-refractivity contribution in [2.45, 2.75) is 20.0 Å². The van der Waals surface area contributed by atoms with Crippen molar-refractivity contribution in [3.8, 4) is 0 Å². The fraction of sp³-hybridized carbons (Fsp3) is 0.158. The highest BCUT2D eigenvalue weighted by molar-refractivity contribution is 7.80. The van der Waals surface area contributed by atoms with Gasteiger partial charge in [-0.05, 0) is 43.4 Å². The topological polar surface area (TPSA) is 79.2 Å². The fourth-order valence-corrected chi connectivity index (χ4v) is 2.49. The van der Waals surface area contributed by atoms with Crippen molar-refractivity contribution in [2.24, 2.45) is 5.10 Å². The number of rotatable bonds is 6. The Morgan fingerprint density at radius 2 is 1.63 bits per heavy atom. The molecule has 3 heterocycles. The molecular weight excluding hydrogens is 358 g/mol. The molecule has 0 bridgehead atoms. The Hall–Kier alpha value is -3.26. The van der Waals surface area contributed by atoms with Crippen molar-refractivity contribution >= 4 is 23.0 Å². The molecule has 0 spiro atoms. The van der Waals surface area contributed by atoms with E-state index in [0.717, 1.165) is 11.4 Å². The van der Waals surface area contributed by atoms with Crippen LogP contribution in [0.1, 0.15) is 24.0 Å². The van der Waals surface area contributed by atoms with Crippen molar-refractivity contribution in [3.63, 3.8) is 0 Å². The molecule has 136 valence electrons. The van der Waals surface area contributed by atoms with Crippen LogP contribution < -0.4 is 5.43 Å². The number of hydrazone groups is 1. The number of nitrogens with zero attached hydrogens (tertiary/aromatic N) is 6. The molecule has 0 aliphatic rings. The van der Waals surface area contributed by atoms with Gasteiger partial charge in [-0.3, -0.25) is 25.4 Å². The van der Waals surface area contributed by atoms with Gasteiger partial charge in [0, 0.05) is 24.8 Å². The summed E-state index contributed by atoms with van der Waals surface area (Å²) in [5, 5.41) is 4.82. The molecule has 3 rings (SSSR count). The van der Waals surface area contributed by atoms with Crippen LogP contribution in [-0.2, 0) is 13.1 Å². The van der Waals surface area contributed by atoms with E-state index in [-0.39, 0.29) is 0 Å². The quantitative estimate of drug-likeness (QED) is 0.402. The third-order valence-corrected chi connectivity index (χ3v) is 4.05. The van der Waals surface area contributed by atoms with Crippen LogP contribution >= 0.6 is 12.2 Å². The van der Waals surface area contributed by atoms with Gasteiger partial charge in [-0.2, -0.15) is 5.10 Å². The summed E-state index contributed by atoms with van der Waals surface area (Å²) in [6.45, 7) is 2.94. The van der Waals surface area contributed by atoms with E-state index in [1.807, 2.05) is 48.2 Å². The van der Waals surface area contributed by atoms with Crippen LogP contribution in [0.5, 0.6) is 0 Å². The molecule has 0 saturated heterocycles. The lowest BCUT2D eigenvalue weighted by Crippen LogP contribution is -2.37. The zero-order chi connectivity index (χ0) is 18.9. The molecule has 0 unspecified atom stereocenters. The maximum Gasteiger partial charge on any atom is 0.190 e. The van der Waals surface area contributed by atoms with Gasteiger partial charge < -0.3 is 4.90 Å². The lowest BCUT2D eigenvalue weighted by molar-refractivity contribution is 0.390. The number of thiocarbonyl (C=S) groups is 1. The molecule has 0 aromatic carbocycles. The normalized spacial score (nSPS) is 11.1. The average molecular weight is 377 g/mol. The SMILES string of the molecule is C/C(=N\NC(=S)N(Cc1ccccn1)Cc1ccccn1)c1cnccn1. The third kappa shape index (κ3) is 5.61. The van der Waals surface area contributed by atoms with Gasteiger partial charge >= 0.3 is 0 Å². The van der Waals surface area contributed by atoms with Crippen molar-refractivity contribution in [1.82, 2.24) is 30.3 Å². The molecule has 0 amide bonds. The molecule has 0 aliphatic carbocycles. The molecule has 0 fully saturated rings. The molecule has 27 heavy (non-hydrogen) atoms. The molecule has 1 N–H and O–H groups in total. The summed E-state index contributed by atoms with van der Waals surface area (Å²) >= 11 is 5.56. The predicted octanol–water partition coefficient (Wildman–Crippen LogP) is 2.57. The average Bonchev–Trinajstić information content (AvgIpc) is 2.73. The van der Waals surface area contributed by atoms with Gasteiger partial charge in [0.1, 0.15) is 5.69 Å². The lowest BCUT2D eigenvalue weighted by Gasteiger charge is -2.24. The Kier molecular flexibility index (Phi) is 6.48. The van der Waals surface area contributed by atoms with E-state index in [4.69, 9.17) is 12.2 Å². The van der Waals surface area contributed by atoms with Crippen LogP contribution in [-0.4, -0.2) is 35.7 Å². The van der Waals surface area contributed by atoms with Gasteiger partial charge in [0.25, 0.3) is 0 Å². The second-order valence-corrected chi connectivity index (χ2v) is 6.09. The van der Waals surface area contributed by atoms with Gasteiger partial charge in [0.05, 0.1) is 36.4 Å². The molecule has 0 radical (unpaired) electrons. The number of hydrogen-bond acceptors (Lipinski definition) is 6.